The lowest BCUT2D eigenvalue weighted by Gasteiger charge is -2.26. The summed E-state index contributed by atoms with van der Waals surface area (Å²) in [6.07, 6.45) is 0. The first-order chi connectivity index (χ1) is 5.95. The van der Waals surface area contributed by atoms with Crippen molar-refractivity contribution >= 4 is 7.12 Å². The van der Waals surface area contributed by atoms with Crippen molar-refractivity contribution in [2.75, 3.05) is 0 Å². The van der Waals surface area contributed by atoms with E-state index in [1.165, 1.54) is 0 Å². The van der Waals surface area contributed by atoms with Crippen LogP contribution in [-0.4, -0.2) is 18.3 Å². The van der Waals surface area contributed by atoms with E-state index in [2.05, 4.69) is 34.3 Å². The molecule has 3 heteroatoms. The van der Waals surface area contributed by atoms with E-state index in [0.29, 0.717) is 11.8 Å². The van der Waals surface area contributed by atoms with Crippen LogP contribution in [0, 0.1) is 11.8 Å². The summed E-state index contributed by atoms with van der Waals surface area (Å²) in [4.78, 5) is 0. The molecular formula is C10H17BO2. The monoisotopic (exact) mass is 180 g/mol. The van der Waals surface area contributed by atoms with Crippen molar-refractivity contribution in [2.24, 2.45) is 11.8 Å². The number of rotatable bonds is 1. The topological polar surface area (TPSA) is 18.5 Å². The van der Waals surface area contributed by atoms with Gasteiger partial charge >= 0.3 is 7.12 Å². The SMILES string of the molecule is C=CB1OC(C)(C)C2(O1)C(C)[C@@H]2C. The van der Waals surface area contributed by atoms with Gasteiger partial charge in [0.25, 0.3) is 0 Å². The van der Waals surface area contributed by atoms with Gasteiger partial charge in [-0.1, -0.05) is 19.8 Å². The van der Waals surface area contributed by atoms with E-state index >= 15 is 0 Å². The molecule has 2 fully saturated rings. The molecule has 0 bridgehead atoms. The van der Waals surface area contributed by atoms with Crippen LogP contribution < -0.4 is 0 Å². The van der Waals surface area contributed by atoms with Gasteiger partial charge in [-0.3, -0.25) is 0 Å². The summed E-state index contributed by atoms with van der Waals surface area (Å²) in [5, 5.41) is 0. The molecule has 2 aliphatic rings. The van der Waals surface area contributed by atoms with E-state index in [0.717, 1.165) is 0 Å². The molecule has 1 saturated heterocycles. The average molecular weight is 180 g/mol. The van der Waals surface area contributed by atoms with E-state index in [1.54, 1.807) is 5.98 Å². The minimum Gasteiger partial charge on any atom is -0.400 e. The second-order valence-electron chi connectivity index (χ2n) is 4.72. The Bertz CT molecular complexity index is 241. The maximum atomic E-state index is 5.91. The fraction of sp³-hybridized carbons (Fsp3) is 0.800. The van der Waals surface area contributed by atoms with Crippen molar-refractivity contribution in [2.45, 2.75) is 38.9 Å². The minimum absolute atomic E-state index is 0.0636. The highest BCUT2D eigenvalue weighted by molar-refractivity contribution is 6.51. The first-order valence-electron chi connectivity index (χ1n) is 4.94. The summed E-state index contributed by atoms with van der Waals surface area (Å²) >= 11 is 0. The third-order valence-electron chi connectivity index (χ3n) is 3.85. The summed E-state index contributed by atoms with van der Waals surface area (Å²) in [6.45, 7) is 12.4. The van der Waals surface area contributed by atoms with Crippen molar-refractivity contribution in [1.82, 2.24) is 0 Å². The quantitative estimate of drug-likeness (QED) is 0.575. The molecule has 2 unspecified atom stereocenters. The first-order valence-corrected chi connectivity index (χ1v) is 4.94. The molecule has 0 aromatic carbocycles. The fourth-order valence-corrected chi connectivity index (χ4v) is 2.89. The zero-order valence-electron chi connectivity index (χ0n) is 8.83. The van der Waals surface area contributed by atoms with E-state index in [1.807, 2.05) is 0 Å². The number of hydrogen-bond acceptors (Lipinski definition) is 2. The summed E-state index contributed by atoms with van der Waals surface area (Å²) in [6, 6.07) is 0. The highest BCUT2D eigenvalue weighted by Crippen LogP contribution is 2.63. The van der Waals surface area contributed by atoms with E-state index in [9.17, 15) is 0 Å². The highest BCUT2D eigenvalue weighted by atomic mass is 16.7. The molecule has 1 spiro atoms. The molecule has 0 aromatic rings. The Balaban J connectivity index is 2.27. The van der Waals surface area contributed by atoms with Gasteiger partial charge in [-0.05, 0) is 25.7 Å². The molecule has 0 N–H and O–H groups in total. The Labute approximate surface area is 80.4 Å². The van der Waals surface area contributed by atoms with E-state index < -0.39 is 0 Å². The summed E-state index contributed by atoms with van der Waals surface area (Å²) < 4.78 is 11.7. The van der Waals surface area contributed by atoms with E-state index in [-0.39, 0.29) is 18.3 Å². The van der Waals surface area contributed by atoms with Crippen LogP contribution in [-0.2, 0) is 9.31 Å². The van der Waals surface area contributed by atoms with Crippen molar-refractivity contribution in [1.29, 1.82) is 0 Å². The maximum Gasteiger partial charge on any atom is 0.486 e. The second kappa shape index (κ2) is 2.40. The maximum absolute atomic E-state index is 5.91. The normalized spacial score (nSPS) is 46.9. The minimum atomic E-state index is -0.220. The third-order valence-corrected chi connectivity index (χ3v) is 3.85. The molecule has 3 atom stereocenters. The molecule has 0 amide bonds. The van der Waals surface area contributed by atoms with Gasteiger partial charge in [-0.15, -0.1) is 6.58 Å². The molecule has 1 heterocycles. The van der Waals surface area contributed by atoms with Gasteiger partial charge in [0.05, 0.1) is 11.2 Å². The predicted octanol–water partition coefficient (Wildman–Crippen LogP) is 2.05. The Morgan fingerprint density at radius 3 is 2.00 bits per heavy atom. The van der Waals surface area contributed by atoms with Crippen LogP contribution >= 0.6 is 0 Å². The second-order valence-corrected chi connectivity index (χ2v) is 4.72. The average Bonchev–Trinajstić information content (AvgIpc) is 2.47. The Hall–Kier alpha value is -0.275. The Kier molecular flexibility index (Phi) is 1.71. The van der Waals surface area contributed by atoms with Crippen molar-refractivity contribution in [3.8, 4) is 0 Å². The molecule has 72 valence electrons. The van der Waals surface area contributed by atoms with Crippen LogP contribution in [0.4, 0.5) is 0 Å². The largest absolute Gasteiger partial charge is 0.486 e. The summed E-state index contributed by atoms with van der Waals surface area (Å²) in [5.74, 6) is 2.91. The van der Waals surface area contributed by atoms with Crippen molar-refractivity contribution in [3.63, 3.8) is 0 Å². The lowest BCUT2D eigenvalue weighted by atomic mass is 9.92. The highest BCUT2D eigenvalue weighted by Gasteiger charge is 2.73. The molecule has 2 nitrogen and oxygen atoms in total. The lowest BCUT2D eigenvalue weighted by molar-refractivity contribution is 0.0364. The third kappa shape index (κ3) is 0.920. The smallest absolute Gasteiger partial charge is 0.400 e. The molecule has 2 rings (SSSR count). The molecule has 1 aliphatic heterocycles. The Morgan fingerprint density at radius 1 is 1.23 bits per heavy atom. The van der Waals surface area contributed by atoms with Gasteiger partial charge in [0, 0.05) is 0 Å². The molecule has 13 heavy (non-hydrogen) atoms. The van der Waals surface area contributed by atoms with Crippen LogP contribution in [0.25, 0.3) is 0 Å². The van der Waals surface area contributed by atoms with Crippen LogP contribution in [0.2, 0.25) is 0 Å². The van der Waals surface area contributed by atoms with Crippen LogP contribution in [0.3, 0.4) is 0 Å². The van der Waals surface area contributed by atoms with Crippen LogP contribution in [0.1, 0.15) is 27.7 Å². The first kappa shape index (κ1) is 9.29. The lowest BCUT2D eigenvalue weighted by Crippen LogP contribution is -2.37. The van der Waals surface area contributed by atoms with Gasteiger partial charge in [0.15, 0.2) is 0 Å². The summed E-state index contributed by atoms with van der Waals surface area (Å²) in [5.41, 5.74) is -0.240. The van der Waals surface area contributed by atoms with Gasteiger partial charge in [0.2, 0.25) is 0 Å². The molecule has 1 aliphatic carbocycles. The number of hydrogen-bond donors (Lipinski definition) is 0. The van der Waals surface area contributed by atoms with Crippen molar-refractivity contribution < 1.29 is 9.31 Å². The summed E-state index contributed by atoms with van der Waals surface area (Å²) in [7, 11) is -0.220. The van der Waals surface area contributed by atoms with Crippen molar-refractivity contribution in [3.05, 3.63) is 12.6 Å². The zero-order valence-corrected chi connectivity index (χ0v) is 8.83. The fourth-order valence-electron chi connectivity index (χ4n) is 2.89. The molecular weight excluding hydrogens is 163 g/mol. The van der Waals surface area contributed by atoms with Gasteiger partial charge in [-0.2, -0.15) is 0 Å². The molecule has 1 saturated carbocycles. The van der Waals surface area contributed by atoms with Gasteiger partial charge in [0.1, 0.15) is 0 Å². The van der Waals surface area contributed by atoms with Gasteiger partial charge in [-0.25, -0.2) is 0 Å². The standard InChI is InChI=1S/C10H17BO2/c1-6-11-12-9(4,5)10(13-11)7(2)8(10)3/h6-8H,1H2,2-5H3/t7-,8?,10?/m0/s1. The Morgan fingerprint density at radius 2 is 1.77 bits per heavy atom. The van der Waals surface area contributed by atoms with Crippen LogP contribution in [0.5, 0.6) is 0 Å². The van der Waals surface area contributed by atoms with Crippen LogP contribution in [0.15, 0.2) is 12.6 Å². The molecule has 0 radical (unpaired) electrons. The van der Waals surface area contributed by atoms with Gasteiger partial charge < -0.3 is 9.31 Å². The molecule has 0 aromatic heterocycles. The zero-order chi connectivity index (χ0) is 9.85. The predicted molar refractivity (Wildman–Crippen MR) is 53.3 cm³/mol. The van der Waals surface area contributed by atoms with E-state index in [4.69, 9.17) is 9.31 Å².